The van der Waals surface area contributed by atoms with E-state index in [0.717, 1.165) is 13.0 Å². The van der Waals surface area contributed by atoms with E-state index in [1.54, 1.807) is 4.90 Å². The highest BCUT2D eigenvalue weighted by Crippen LogP contribution is 2.17. The van der Waals surface area contributed by atoms with Crippen molar-refractivity contribution in [2.45, 2.75) is 19.3 Å². The molecule has 0 aromatic carbocycles. The Morgan fingerprint density at radius 2 is 1.95 bits per heavy atom. The van der Waals surface area contributed by atoms with Crippen LogP contribution in [0.5, 0.6) is 0 Å². The van der Waals surface area contributed by atoms with Crippen molar-refractivity contribution in [3.8, 4) is 0 Å². The molecular formula is C13H25N3O3. The van der Waals surface area contributed by atoms with Crippen molar-refractivity contribution in [2.75, 3.05) is 47.4 Å². The van der Waals surface area contributed by atoms with Gasteiger partial charge in [0.1, 0.15) is 0 Å². The number of nitrogens with zero attached hydrogens (tertiary/aromatic N) is 2. The zero-order valence-corrected chi connectivity index (χ0v) is 12.1. The van der Waals surface area contributed by atoms with E-state index in [9.17, 15) is 9.59 Å². The summed E-state index contributed by atoms with van der Waals surface area (Å²) in [5.41, 5.74) is 0. The van der Waals surface area contributed by atoms with E-state index < -0.39 is 0 Å². The summed E-state index contributed by atoms with van der Waals surface area (Å²) in [5, 5.41) is 2.97. The van der Waals surface area contributed by atoms with Crippen LogP contribution in [0, 0.1) is 5.92 Å². The van der Waals surface area contributed by atoms with Gasteiger partial charge in [-0.1, -0.05) is 0 Å². The molecule has 6 heteroatoms. The summed E-state index contributed by atoms with van der Waals surface area (Å²) < 4.78 is 4.67. The fourth-order valence-electron chi connectivity index (χ4n) is 2.20. The van der Waals surface area contributed by atoms with Crippen LogP contribution in [-0.2, 0) is 9.53 Å². The summed E-state index contributed by atoms with van der Waals surface area (Å²) in [6, 6.07) is 0. The molecule has 6 nitrogen and oxygen atoms in total. The topological polar surface area (TPSA) is 61.9 Å². The van der Waals surface area contributed by atoms with Crippen molar-refractivity contribution in [2.24, 2.45) is 5.92 Å². The Labute approximate surface area is 115 Å². The van der Waals surface area contributed by atoms with Gasteiger partial charge in [0.05, 0.1) is 7.11 Å². The standard InChI is InChI=1S/C13H25N3O3/c1-15(2)8-4-7-14-12(17)11-5-9-16(10-6-11)13(18)19-3/h11H,4-10H2,1-3H3,(H,14,17). The van der Waals surface area contributed by atoms with Gasteiger partial charge < -0.3 is 19.9 Å². The van der Waals surface area contributed by atoms with Crippen LogP contribution in [0.2, 0.25) is 0 Å². The number of hydrogen-bond donors (Lipinski definition) is 1. The first-order valence-corrected chi connectivity index (χ1v) is 6.80. The third-order valence-electron chi connectivity index (χ3n) is 3.38. The zero-order valence-electron chi connectivity index (χ0n) is 12.1. The average Bonchev–Trinajstić information content (AvgIpc) is 2.42. The number of piperidine rings is 1. The van der Waals surface area contributed by atoms with E-state index in [-0.39, 0.29) is 17.9 Å². The Balaban J connectivity index is 2.20. The van der Waals surface area contributed by atoms with Crippen molar-refractivity contribution < 1.29 is 14.3 Å². The van der Waals surface area contributed by atoms with Crippen LogP contribution in [0.15, 0.2) is 0 Å². The van der Waals surface area contributed by atoms with Crippen LogP contribution >= 0.6 is 0 Å². The minimum atomic E-state index is -0.301. The molecule has 110 valence electrons. The molecule has 0 bridgehead atoms. The number of carbonyl (C=O) groups excluding carboxylic acids is 2. The maximum absolute atomic E-state index is 11.9. The predicted molar refractivity (Wildman–Crippen MR) is 72.9 cm³/mol. The first kappa shape index (κ1) is 15.8. The van der Waals surface area contributed by atoms with Crippen molar-refractivity contribution in [1.29, 1.82) is 0 Å². The third kappa shape index (κ3) is 5.46. The summed E-state index contributed by atoms with van der Waals surface area (Å²) in [5.74, 6) is 0.142. The molecule has 1 N–H and O–H groups in total. The molecule has 1 heterocycles. The summed E-state index contributed by atoms with van der Waals surface area (Å²) in [6.45, 7) is 2.89. The third-order valence-corrected chi connectivity index (χ3v) is 3.38. The number of amides is 2. The molecule has 0 spiro atoms. The predicted octanol–water partition coefficient (Wildman–Crippen LogP) is 0.533. The Morgan fingerprint density at radius 3 is 2.47 bits per heavy atom. The number of nitrogens with one attached hydrogen (secondary N) is 1. The van der Waals surface area contributed by atoms with Crippen LogP contribution < -0.4 is 5.32 Å². The molecule has 2 amide bonds. The van der Waals surface area contributed by atoms with Gasteiger partial charge in [-0.15, -0.1) is 0 Å². The Kier molecular flexibility index (Phi) is 6.62. The van der Waals surface area contributed by atoms with Gasteiger partial charge in [0, 0.05) is 25.6 Å². The molecule has 1 aliphatic heterocycles. The summed E-state index contributed by atoms with van der Waals surface area (Å²) >= 11 is 0. The first-order chi connectivity index (χ1) is 9.04. The average molecular weight is 271 g/mol. The normalized spacial score (nSPS) is 16.5. The number of likely N-dealkylation sites (tertiary alicyclic amines) is 1. The van der Waals surface area contributed by atoms with Gasteiger partial charge in [-0.2, -0.15) is 0 Å². The quantitative estimate of drug-likeness (QED) is 0.741. The lowest BCUT2D eigenvalue weighted by Gasteiger charge is -2.30. The van der Waals surface area contributed by atoms with E-state index in [1.807, 2.05) is 14.1 Å². The monoisotopic (exact) mass is 271 g/mol. The minimum absolute atomic E-state index is 0.0280. The molecule has 0 aromatic heterocycles. The van der Waals surface area contributed by atoms with E-state index in [1.165, 1.54) is 7.11 Å². The molecule has 0 radical (unpaired) electrons. The molecule has 0 aliphatic carbocycles. The van der Waals surface area contributed by atoms with Gasteiger partial charge >= 0.3 is 6.09 Å². The van der Waals surface area contributed by atoms with Crippen molar-refractivity contribution >= 4 is 12.0 Å². The molecule has 1 aliphatic rings. The number of rotatable bonds is 5. The highest BCUT2D eigenvalue weighted by molar-refractivity contribution is 5.79. The molecule has 0 atom stereocenters. The summed E-state index contributed by atoms with van der Waals surface area (Å²) in [7, 11) is 5.42. The van der Waals surface area contributed by atoms with Crippen LogP contribution in [0.3, 0.4) is 0 Å². The molecular weight excluding hydrogens is 246 g/mol. The lowest BCUT2D eigenvalue weighted by Crippen LogP contribution is -2.43. The van der Waals surface area contributed by atoms with Crippen LogP contribution in [0.1, 0.15) is 19.3 Å². The maximum Gasteiger partial charge on any atom is 0.409 e. The zero-order chi connectivity index (χ0) is 14.3. The Bertz CT molecular complexity index is 300. The second-order valence-electron chi connectivity index (χ2n) is 5.18. The highest BCUT2D eigenvalue weighted by Gasteiger charge is 2.27. The Hall–Kier alpha value is -1.30. The van der Waals surface area contributed by atoms with Crippen LogP contribution in [0.25, 0.3) is 0 Å². The van der Waals surface area contributed by atoms with E-state index >= 15 is 0 Å². The fourth-order valence-corrected chi connectivity index (χ4v) is 2.20. The van der Waals surface area contributed by atoms with E-state index in [2.05, 4.69) is 15.0 Å². The molecule has 0 aromatic rings. The molecule has 1 saturated heterocycles. The summed E-state index contributed by atoms with van der Waals surface area (Å²) in [6.07, 6.45) is 2.09. The second-order valence-corrected chi connectivity index (χ2v) is 5.18. The first-order valence-electron chi connectivity index (χ1n) is 6.80. The number of carbonyl (C=O) groups is 2. The highest BCUT2D eigenvalue weighted by atomic mass is 16.5. The number of hydrogen-bond acceptors (Lipinski definition) is 4. The number of methoxy groups -OCH3 is 1. The van der Waals surface area contributed by atoms with Crippen molar-refractivity contribution in [3.63, 3.8) is 0 Å². The lowest BCUT2D eigenvalue weighted by atomic mass is 9.96. The van der Waals surface area contributed by atoms with Crippen molar-refractivity contribution in [1.82, 2.24) is 15.1 Å². The van der Waals surface area contributed by atoms with E-state index in [4.69, 9.17) is 0 Å². The van der Waals surface area contributed by atoms with Crippen molar-refractivity contribution in [3.05, 3.63) is 0 Å². The molecule has 1 fully saturated rings. The van der Waals surface area contributed by atoms with Crippen LogP contribution in [0.4, 0.5) is 4.79 Å². The fraction of sp³-hybridized carbons (Fsp3) is 0.846. The molecule has 19 heavy (non-hydrogen) atoms. The molecule has 0 saturated carbocycles. The van der Waals surface area contributed by atoms with Gasteiger partial charge in [0.25, 0.3) is 0 Å². The van der Waals surface area contributed by atoms with Crippen LogP contribution in [-0.4, -0.2) is 69.2 Å². The molecule has 0 unspecified atom stereocenters. The Morgan fingerprint density at radius 1 is 1.32 bits per heavy atom. The molecule has 1 rings (SSSR count). The van der Waals surface area contributed by atoms with Gasteiger partial charge in [-0.05, 0) is 39.9 Å². The van der Waals surface area contributed by atoms with Gasteiger partial charge in [-0.25, -0.2) is 4.79 Å². The van der Waals surface area contributed by atoms with Gasteiger partial charge in [0.2, 0.25) is 5.91 Å². The van der Waals surface area contributed by atoms with Gasteiger partial charge in [0.15, 0.2) is 0 Å². The summed E-state index contributed by atoms with van der Waals surface area (Å²) in [4.78, 5) is 27.0. The second kappa shape index (κ2) is 7.99. The van der Waals surface area contributed by atoms with Gasteiger partial charge in [-0.3, -0.25) is 4.79 Å². The van der Waals surface area contributed by atoms with E-state index in [0.29, 0.717) is 32.5 Å². The maximum atomic E-state index is 11.9. The minimum Gasteiger partial charge on any atom is -0.453 e. The SMILES string of the molecule is COC(=O)N1CCC(C(=O)NCCCN(C)C)CC1. The smallest absolute Gasteiger partial charge is 0.409 e. The number of ether oxygens (including phenoxy) is 1. The lowest BCUT2D eigenvalue weighted by molar-refractivity contribution is -0.126. The largest absolute Gasteiger partial charge is 0.453 e.